The highest BCUT2D eigenvalue weighted by Gasteiger charge is 2.24. The normalized spacial score (nSPS) is 16.6. The first kappa shape index (κ1) is 17.3. The lowest BCUT2D eigenvalue weighted by molar-refractivity contribution is -0.121. The molecule has 1 aliphatic heterocycles. The molecule has 0 radical (unpaired) electrons. The first-order valence-electron chi connectivity index (χ1n) is 8.11. The van der Waals surface area contributed by atoms with Crippen molar-refractivity contribution in [2.45, 2.75) is 31.7 Å². The molecule has 1 atom stereocenters. The van der Waals surface area contributed by atoms with Gasteiger partial charge in [-0.2, -0.15) is 0 Å². The molecule has 2 rings (SSSR count). The SMILES string of the molecule is CNCCCC(=O)NCC(c1cccc(Cl)c1)N1CCCC1. The van der Waals surface area contributed by atoms with Gasteiger partial charge < -0.3 is 10.6 Å². The third-order valence-electron chi connectivity index (χ3n) is 4.14. The van der Waals surface area contributed by atoms with Gasteiger partial charge >= 0.3 is 0 Å². The Labute approximate surface area is 138 Å². The van der Waals surface area contributed by atoms with Gasteiger partial charge in [0, 0.05) is 18.0 Å². The minimum absolute atomic E-state index is 0.126. The van der Waals surface area contributed by atoms with Gasteiger partial charge in [-0.25, -0.2) is 0 Å². The number of benzene rings is 1. The summed E-state index contributed by atoms with van der Waals surface area (Å²) in [5.41, 5.74) is 1.19. The zero-order valence-electron chi connectivity index (χ0n) is 13.3. The lowest BCUT2D eigenvalue weighted by Gasteiger charge is -2.28. The first-order chi connectivity index (χ1) is 10.7. The predicted octanol–water partition coefficient (Wildman–Crippen LogP) is 2.59. The monoisotopic (exact) mass is 323 g/mol. The van der Waals surface area contributed by atoms with Crippen LogP contribution >= 0.6 is 11.6 Å². The zero-order valence-corrected chi connectivity index (χ0v) is 14.0. The Morgan fingerprint density at radius 3 is 2.82 bits per heavy atom. The molecule has 1 aromatic carbocycles. The van der Waals surface area contributed by atoms with E-state index in [0.717, 1.165) is 31.1 Å². The summed E-state index contributed by atoms with van der Waals surface area (Å²) >= 11 is 6.13. The van der Waals surface area contributed by atoms with Crippen LogP contribution in [0, 0.1) is 0 Å². The van der Waals surface area contributed by atoms with Crippen LogP contribution in [-0.4, -0.2) is 44.0 Å². The summed E-state index contributed by atoms with van der Waals surface area (Å²) in [5, 5.41) is 6.90. The number of halogens is 1. The highest BCUT2D eigenvalue weighted by molar-refractivity contribution is 6.30. The molecule has 0 aliphatic carbocycles. The molecule has 2 N–H and O–H groups in total. The van der Waals surface area contributed by atoms with E-state index in [-0.39, 0.29) is 11.9 Å². The van der Waals surface area contributed by atoms with Crippen LogP contribution in [0.5, 0.6) is 0 Å². The molecule has 122 valence electrons. The maximum absolute atomic E-state index is 12.0. The van der Waals surface area contributed by atoms with Gasteiger partial charge in [-0.15, -0.1) is 0 Å². The average Bonchev–Trinajstić information content (AvgIpc) is 3.02. The Hall–Kier alpha value is -1.10. The summed E-state index contributed by atoms with van der Waals surface area (Å²) in [6.45, 7) is 3.70. The maximum Gasteiger partial charge on any atom is 0.220 e. The fourth-order valence-corrected chi connectivity index (χ4v) is 3.15. The molecular weight excluding hydrogens is 298 g/mol. The molecule has 0 spiro atoms. The molecular formula is C17H26ClN3O. The number of hydrogen-bond donors (Lipinski definition) is 2. The molecule has 0 saturated carbocycles. The Morgan fingerprint density at radius 1 is 1.36 bits per heavy atom. The Balaban J connectivity index is 1.95. The van der Waals surface area contributed by atoms with Crippen LogP contribution in [0.15, 0.2) is 24.3 Å². The fourth-order valence-electron chi connectivity index (χ4n) is 2.95. The van der Waals surface area contributed by atoms with Crippen molar-refractivity contribution >= 4 is 17.5 Å². The molecule has 1 heterocycles. The van der Waals surface area contributed by atoms with E-state index in [0.29, 0.717) is 13.0 Å². The Bertz CT molecular complexity index is 475. The number of carbonyl (C=O) groups excluding carboxylic acids is 1. The zero-order chi connectivity index (χ0) is 15.8. The molecule has 1 unspecified atom stereocenters. The van der Waals surface area contributed by atoms with Gasteiger partial charge in [0.15, 0.2) is 0 Å². The van der Waals surface area contributed by atoms with Crippen LogP contribution in [0.2, 0.25) is 5.02 Å². The number of carbonyl (C=O) groups is 1. The van der Waals surface area contributed by atoms with E-state index >= 15 is 0 Å². The Morgan fingerprint density at radius 2 is 2.14 bits per heavy atom. The van der Waals surface area contributed by atoms with Crippen molar-refractivity contribution in [3.05, 3.63) is 34.9 Å². The average molecular weight is 324 g/mol. The summed E-state index contributed by atoms with van der Waals surface area (Å²) in [6.07, 6.45) is 3.90. The Kier molecular flexibility index (Phi) is 7.16. The van der Waals surface area contributed by atoms with Gasteiger partial charge in [0.1, 0.15) is 0 Å². The third-order valence-corrected chi connectivity index (χ3v) is 4.37. The fraction of sp³-hybridized carbons (Fsp3) is 0.588. The molecule has 1 fully saturated rings. The van der Waals surface area contributed by atoms with Crippen molar-refractivity contribution in [1.29, 1.82) is 0 Å². The molecule has 1 saturated heterocycles. The molecule has 4 nitrogen and oxygen atoms in total. The van der Waals surface area contributed by atoms with Gasteiger partial charge in [0.05, 0.1) is 6.04 Å². The first-order valence-corrected chi connectivity index (χ1v) is 8.49. The van der Waals surface area contributed by atoms with E-state index in [1.54, 1.807) is 0 Å². The van der Waals surface area contributed by atoms with Gasteiger partial charge in [0.2, 0.25) is 5.91 Å². The quantitative estimate of drug-likeness (QED) is 0.723. The lowest BCUT2D eigenvalue weighted by atomic mass is 10.1. The molecule has 1 aromatic rings. The summed E-state index contributed by atoms with van der Waals surface area (Å²) < 4.78 is 0. The van der Waals surface area contributed by atoms with Gasteiger partial charge in [-0.3, -0.25) is 9.69 Å². The van der Waals surface area contributed by atoms with Crippen molar-refractivity contribution in [3.8, 4) is 0 Å². The second-order valence-corrected chi connectivity index (χ2v) is 6.26. The minimum atomic E-state index is 0.126. The molecule has 5 heteroatoms. The van der Waals surface area contributed by atoms with Crippen LogP contribution in [0.4, 0.5) is 0 Å². The van der Waals surface area contributed by atoms with Gasteiger partial charge in [-0.1, -0.05) is 23.7 Å². The van der Waals surface area contributed by atoms with E-state index in [1.807, 2.05) is 25.2 Å². The largest absolute Gasteiger partial charge is 0.354 e. The second-order valence-electron chi connectivity index (χ2n) is 5.83. The summed E-state index contributed by atoms with van der Waals surface area (Å²) in [6, 6.07) is 8.20. The van der Waals surface area contributed by atoms with Crippen molar-refractivity contribution in [2.24, 2.45) is 0 Å². The number of rotatable bonds is 8. The van der Waals surface area contributed by atoms with E-state index in [4.69, 9.17) is 11.6 Å². The standard InChI is InChI=1S/C17H26ClN3O/c1-19-9-5-8-17(22)20-13-16(21-10-2-3-11-21)14-6-4-7-15(18)12-14/h4,6-7,12,16,19H,2-3,5,8-11,13H2,1H3,(H,20,22). The molecule has 22 heavy (non-hydrogen) atoms. The number of nitrogens with one attached hydrogen (secondary N) is 2. The summed E-state index contributed by atoms with van der Waals surface area (Å²) in [5.74, 6) is 0.126. The van der Waals surface area contributed by atoms with Crippen LogP contribution < -0.4 is 10.6 Å². The predicted molar refractivity (Wildman–Crippen MR) is 91.2 cm³/mol. The highest BCUT2D eigenvalue weighted by Crippen LogP contribution is 2.26. The van der Waals surface area contributed by atoms with E-state index in [2.05, 4.69) is 21.6 Å². The van der Waals surface area contributed by atoms with E-state index in [9.17, 15) is 4.79 Å². The third kappa shape index (κ3) is 5.27. The number of amides is 1. The summed E-state index contributed by atoms with van der Waals surface area (Å²) in [4.78, 5) is 14.4. The van der Waals surface area contributed by atoms with Crippen molar-refractivity contribution in [2.75, 3.05) is 33.2 Å². The van der Waals surface area contributed by atoms with E-state index < -0.39 is 0 Å². The van der Waals surface area contributed by atoms with Gasteiger partial charge in [0.25, 0.3) is 0 Å². The molecule has 1 amide bonds. The van der Waals surface area contributed by atoms with Crippen LogP contribution in [-0.2, 0) is 4.79 Å². The van der Waals surface area contributed by atoms with Gasteiger partial charge in [-0.05, 0) is 63.6 Å². The maximum atomic E-state index is 12.0. The lowest BCUT2D eigenvalue weighted by Crippen LogP contribution is -2.36. The smallest absolute Gasteiger partial charge is 0.220 e. The highest BCUT2D eigenvalue weighted by atomic mass is 35.5. The van der Waals surface area contributed by atoms with Crippen LogP contribution in [0.1, 0.15) is 37.3 Å². The topological polar surface area (TPSA) is 44.4 Å². The van der Waals surface area contributed by atoms with Crippen molar-refractivity contribution in [3.63, 3.8) is 0 Å². The minimum Gasteiger partial charge on any atom is -0.354 e. The number of hydrogen-bond acceptors (Lipinski definition) is 3. The van der Waals surface area contributed by atoms with Crippen molar-refractivity contribution < 1.29 is 4.79 Å². The molecule has 1 aliphatic rings. The van der Waals surface area contributed by atoms with Crippen LogP contribution in [0.25, 0.3) is 0 Å². The van der Waals surface area contributed by atoms with E-state index in [1.165, 1.54) is 18.4 Å². The molecule has 0 aromatic heterocycles. The number of nitrogens with zero attached hydrogens (tertiary/aromatic N) is 1. The number of likely N-dealkylation sites (tertiary alicyclic amines) is 1. The second kappa shape index (κ2) is 9.13. The molecule has 0 bridgehead atoms. The van der Waals surface area contributed by atoms with Crippen molar-refractivity contribution in [1.82, 2.24) is 15.5 Å². The van der Waals surface area contributed by atoms with Crippen LogP contribution in [0.3, 0.4) is 0 Å². The summed E-state index contributed by atoms with van der Waals surface area (Å²) in [7, 11) is 1.90.